The van der Waals surface area contributed by atoms with E-state index < -0.39 is 5.97 Å². The van der Waals surface area contributed by atoms with E-state index in [1.807, 2.05) is 36.5 Å². The van der Waals surface area contributed by atoms with Crippen LogP contribution in [0.2, 0.25) is 0 Å². The molecule has 0 aliphatic rings. The zero-order valence-electron chi connectivity index (χ0n) is 15.3. The summed E-state index contributed by atoms with van der Waals surface area (Å²) < 4.78 is 0. The fourth-order valence-corrected chi connectivity index (χ4v) is 2.07. The molecule has 0 bridgehead atoms. The van der Waals surface area contributed by atoms with Crippen molar-refractivity contribution in [2.45, 2.75) is 58.3 Å². The molecule has 0 atom stereocenters. The van der Waals surface area contributed by atoms with Crippen molar-refractivity contribution in [1.82, 2.24) is 0 Å². The average molecular weight is 344 g/mol. The largest absolute Gasteiger partial charge is 0.365 e. The van der Waals surface area contributed by atoms with Gasteiger partial charge in [0.2, 0.25) is 0 Å². The monoisotopic (exact) mass is 344 g/mol. The van der Waals surface area contributed by atoms with Gasteiger partial charge in [-0.15, -0.1) is 0 Å². The predicted octanol–water partition coefficient (Wildman–Crippen LogP) is 6.48. The molecule has 0 fully saturated rings. The molecule has 0 saturated carbocycles. The molecule has 0 aliphatic heterocycles. The van der Waals surface area contributed by atoms with Gasteiger partial charge in [-0.1, -0.05) is 112 Å². The summed E-state index contributed by atoms with van der Waals surface area (Å²) in [5.74, 6) is -0.793. The van der Waals surface area contributed by atoms with Crippen LogP contribution in [0, 0.1) is 0 Å². The van der Waals surface area contributed by atoms with Crippen LogP contribution >= 0.6 is 0 Å². The van der Waals surface area contributed by atoms with Crippen LogP contribution in [0.4, 0.5) is 0 Å². The second kappa shape index (κ2) is 19.9. The van der Waals surface area contributed by atoms with Crippen molar-refractivity contribution in [3.63, 3.8) is 0 Å². The van der Waals surface area contributed by atoms with E-state index in [0.717, 1.165) is 12.5 Å². The number of hydrogen-bond acceptors (Lipinski definition) is 3. The maximum absolute atomic E-state index is 10.6. The first-order chi connectivity index (χ1) is 12.3. The second-order valence-corrected chi connectivity index (χ2v) is 5.65. The second-order valence-electron chi connectivity index (χ2n) is 5.65. The molecule has 0 saturated heterocycles. The topological polar surface area (TPSA) is 46.5 Å². The highest BCUT2D eigenvalue weighted by Gasteiger charge is 1.89. The van der Waals surface area contributed by atoms with Gasteiger partial charge in [0.1, 0.15) is 0 Å². The first-order valence-electron chi connectivity index (χ1n) is 9.16. The first-order valence-corrected chi connectivity index (χ1v) is 9.16. The summed E-state index contributed by atoms with van der Waals surface area (Å²) in [6, 6.07) is 0. The smallest absolute Gasteiger partial charge is 0.296 e. The van der Waals surface area contributed by atoms with Crippen LogP contribution in [-0.2, 0) is 9.68 Å². The maximum atomic E-state index is 10.6. The number of hydrogen-bond donors (Lipinski definition) is 1. The molecule has 0 aromatic rings. The average Bonchev–Trinajstić information content (AvgIpc) is 2.63. The van der Waals surface area contributed by atoms with Crippen molar-refractivity contribution in [3.05, 3.63) is 72.9 Å². The third-order valence-corrected chi connectivity index (χ3v) is 3.43. The molecule has 0 aromatic heterocycles. The summed E-state index contributed by atoms with van der Waals surface area (Å²) in [6.07, 6.45) is 32.6. The minimum Gasteiger partial charge on any atom is -0.296 e. The van der Waals surface area contributed by atoms with E-state index >= 15 is 0 Å². The predicted molar refractivity (Wildman–Crippen MR) is 106 cm³/mol. The molecule has 3 nitrogen and oxygen atoms in total. The molecule has 0 amide bonds. The summed E-state index contributed by atoms with van der Waals surface area (Å²) in [5.41, 5.74) is 0. The molecule has 1 N–H and O–H groups in total. The Balaban J connectivity index is 3.61. The minimum atomic E-state index is -0.793. The lowest BCUT2D eigenvalue weighted by atomic mass is 10.1. The van der Waals surface area contributed by atoms with E-state index in [0.29, 0.717) is 0 Å². The molecular weight excluding hydrogens is 312 g/mol. The van der Waals surface area contributed by atoms with Crippen molar-refractivity contribution < 1.29 is 14.9 Å². The Hall–Kier alpha value is -2.13. The zero-order chi connectivity index (χ0) is 18.4. The van der Waals surface area contributed by atoms with Gasteiger partial charge in [-0.2, -0.15) is 5.26 Å². The highest BCUT2D eigenvalue weighted by atomic mass is 17.1. The molecule has 0 aliphatic carbocycles. The Morgan fingerprint density at radius 2 is 1.20 bits per heavy atom. The van der Waals surface area contributed by atoms with Gasteiger partial charge in [-0.05, 0) is 12.8 Å². The number of rotatable bonds is 14. The van der Waals surface area contributed by atoms with Gasteiger partial charge in [0, 0.05) is 6.08 Å². The molecule has 0 rings (SSSR count). The third-order valence-electron chi connectivity index (χ3n) is 3.43. The van der Waals surface area contributed by atoms with Crippen LogP contribution in [0.1, 0.15) is 58.3 Å². The van der Waals surface area contributed by atoms with Gasteiger partial charge in [-0.25, -0.2) is 4.79 Å². The first kappa shape index (κ1) is 22.9. The van der Waals surface area contributed by atoms with Gasteiger partial charge < -0.3 is 0 Å². The van der Waals surface area contributed by atoms with E-state index in [1.54, 1.807) is 12.2 Å². The quantitative estimate of drug-likeness (QED) is 0.129. The zero-order valence-corrected chi connectivity index (χ0v) is 15.3. The number of carbonyl (C=O) groups excluding carboxylic acids is 1. The van der Waals surface area contributed by atoms with Gasteiger partial charge >= 0.3 is 5.97 Å². The van der Waals surface area contributed by atoms with E-state index in [1.165, 1.54) is 51.0 Å². The molecule has 0 unspecified atom stereocenters. The van der Waals surface area contributed by atoms with Crippen molar-refractivity contribution in [3.8, 4) is 0 Å². The Morgan fingerprint density at radius 1 is 0.720 bits per heavy atom. The van der Waals surface area contributed by atoms with Crippen LogP contribution in [0.25, 0.3) is 0 Å². The van der Waals surface area contributed by atoms with Gasteiger partial charge in [0.15, 0.2) is 0 Å². The van der Waals surface area contributed by atoms with E-state index in [-0.39, 0.29) is 0 Å². The summed E-state index contributed by atoms with van der Waals surface area (Å²) in [5, 5.41) is 8.03. The lowest BCUT2D eigenvalue weighted by molar-refractivity contribution is -0.228. The van der Waals surface area contributed by atoms with Crippen LogP contribution < -0.4 is 0 Å². The summed E-state index contributed by atoms with van der Waals surface area (Å²) >= 11 is 0. The maximum Gasteiger partial charge on any atom is 0.365 e. The van der Waals surface area contributed by atoms with Crippen LogP contribution in [0.5, 0.6) is 0 Å². The molecule has 0 aromatic carbocycles. The van der Waals surface area contributed by atoms with Crippen molar-refractivity contribution >= 4 is 5.97 Å². The Morgan fingerprint density at radius 3 is 1.76 bits per heavy atom. The lowest BCUT2D eigenvalue weighted by Gasteiger charge is -1.98. The van der Waals surface area contributed by atoms with Gasteiger partial charge in [0.05, 0.1) is 0 Å². The van der Waals surface area contributed by atoms with Gasteiger partial charge in [0.25, 0.3) is 0 Å². The highest BCUT2D eigenvalue weighted by Crippen LogP contribution is 2.08. The molecule has 0 heterocycles. The highest BCUT2D eigenvalue weighted by molar-refractivity contribution is 5.81. The summed E-state index contributed by atoms with van der Waals surface area (Å²) in [7, 11) is 0. The summed E-state index contributed by atoms with van der Waals surface area (Å²) in [4.78, 5) is 14.0. The molecule has 138 valence electrons. The third kappa shape index (κ3) is 19.8. The fraction of sp³-hybridized carbons (Fsp3) is 0.409. The van der Waals surface area contributed by atoms with Crippen LogP contribution in [0.3, 0.4) is 0 Å². The number of unbranched alkanes of at least 4 members (excludes halogenated alkanes) is 7. The Kier molecular flexibility index (Phi) is 18.2. The summed E-state index contributed by atoms with van der Waals surface area (Å²) in [6.45, 7) is 2.25. The van der Waals surface area contributed by atoms with Crippen molar-refractivity contribution in [1.29, 1.82) is 0 Å². The van der Waals surface area contributed by atoms with Crippen LogP contribution in [-0.4, -0.2) is 11.2 Å². The fourth-order valence-electron chi connectivity index (χ4n) is 2.07. The standard InChI is InChI=1S/C22H32O3/c1-2-3-4-5-6-7-8-9-10-11-12-13-14-15-16-17-18-19-20-21-22(23)25-24/h10-21,24H,2-9H2,1H3/b11-10+,13-12+,15-14+,17-16+,19-18+,21-20+. The Bertz CT molecular complexity index is 480. The molecular formula is C22H32O3. The van der Waals surface area contributed by atoms with E-state index in [9.17, 15) is 4.79 Å². The number of carbonyl (C=O) groups is 1. The molecule has 0 spiro atoms. The molecule has 3 heteroatoms. The molecule has 25 heavy (non-hydrogen) atoms. The SMILES string of the molecule is CCCCCCCCC/C=C/C=C/C=C/C=C/C=C/C=C/C(=O)OO. The van der Waals surface area contributed by atoms with Crippen LogP contribution in [0.15, 0.2) is 72.9 Å². The lowest BCUT2D eigenvalue weighted by Crippen LogP contribution is -1.93. The molecule has 0 radical (unpaired) electrons. The van der Waals surface area contributed by atoms with E-state index in [4.69, 9.17) is 5.26 Å². The van der Waals surface area contributed by atoms with E-state index in [2.05, 4.69) is 24.0 Å². The normalized spacial score (nSPS) is 12.9. The minimum absolute atomic E-state index is 0.793. The van der Waals surface area contributed by atoms with Gasteiger partial charge in [-0.3, -0.25) is 4.89 Å². The van der Waals surface area contributed by atoms with Crippen molar-refractivity contribution in [2.24, 2.45) is 0 Å². The number of allylic oxidation sites excluding steroid dienone is 11. The Labute approximate surface area is 152 Å². The van der Waals surface area contributed by atoms with Crippen molar-refractivity contribution in [2.75, 3.05) is 0 Å².